The summed E-state index contributed by atoms with van der Waals surface area (Å²) in [5.74, 6) is 0. The van der Waals surface area contributed by atoms with Gasteiger partial charge in [0.15, 0.2) is 0 Å². The predicted molar refractivity (Wildman–Crippen MR) is 135 cm³/mol. The molecule has 2 heteroatoms. The number of benzene rings is 4. The zero-order valence-electron chi connectivity index (χ0n) is 19.3. The summed E-state index contributed by atoms with van der Waals surface area (Å²) < 4.78 is 12.2. The summed E-state index contributed by atoms with van der Waals surface area (Å²) in [4.78, 5) is 0. The Morgan fingerprint density at radius 1 is 0.516 bits per heavy atom. The van der Waals surface area contributed by atoms with Crippen molar-refractivity contribution in [3.8, 4) is 0 Å². The Kier molecular flexibility index (Phi) is 5.73. The number of rotatable bonds is 0. The second kappa shape index (κ2) is 8.47. The summed E-state index contributed by atoms with van der Waals surface area (Å²) in [7, 11) is 0. The van der Waals surface area contributed by atoms with Crippen molar-refractivity contribution in [2.24, 2.45) is 0 Å². The van der Waals surface area contributed by atoms with Crippen molar-refractivity contribution in [2.45, 2.75) is 48.0 Å². The lowest BCUT2D eigenvalue weighted by Gasteiger charge is -1.99. The van der Waals surface area contributed by atoms with E-state index in [9.17, 15) is 0 Å². The van der Waals surface area contributed by atoms with E-state index in [0.29, 0.717) is 0 Å². The first-order chi connectivity index (χ1) is 15.1. The predicted octanol–water partition coefficient (Wildman–Crippen LogP) is 9.70. The standard InChI is InChI=1S/C24H16O2.C3H8.C2H6/c1-13-3-5-21-17(7-13)19-9-15-12-24-20(10-16(15)11-23(19)25-21)18-8-14(2)4-6-22(18)26-24;1-3-2;1-2/h3-12H,1-2H3;3H2,1-2H3;1-2H3. The van der Waals surface area contributed by atoms with Gasteiger partial charge >= 0.3 is 0 Å². The van der Waals surface area contributed by atoms with Gasteiger partial charge in [-0.25, -0.2) is 0 Å². The first-order valence-corrected chi connectivity index (χ1v) is 11.3. The molecule has 2 heterocycles. The molecule has 0 aliphatic heterocycles. The lowest BCUT2D eigenvalue weighted by molar-refractivity contribution is 0.668. The van der Waals surface area contributed by atoms with E-state index >= 15 is 0 Å². The van der Waals surface area contributed by atoms with Crippen LogP contribution in [0.2, 0.25) is 0 Å². The van der Waals surface area contributed by atoms with Crippen molar-refractivity contribution in [3.63, 3.8) is 0 Å². The molecule has 0 unspecified atom stereocenters. The third-order valence-electron chi connectivity index (χ3n) is 5.33. The van der Waals surface area contributed by atoms with Gasteiger partial charge in [-0.3, -0.25) is 0 Å². The Hall–Kier alpha value is -3.26. The topological polar surface area (TPSA) is 26.3 Å². The Morgan fingerprint density at radius 3 is 1.26 bits per heavy atom. The van der Waals surface area contributed by atoms with Crippen molar-refractivity contribution in [2.75, 3.05) is 0 Å². The van der Waals surface area contributed by atoms with Gasteiger partial charge in [0, 0.05) is 21.5 Å². The first kappa shape index (κ1) is 21.0. The van der Waals surface area contributed by atoms with Crippen LogP contribution in [0.5, 0.6) is 0 Å². The normalized spacial score (nSPS) is 11.0. The number of fused-ring (bicyclic) bond motifs is 7. The quantitative estimate of drug-likeness (QED) is 0.249. The molecule has 0 saturated carbocycles. The first-order valence-electron chi connectivity index (χ1n) is 11.3. The minimum Gasteiger partial charge on any atom is -0.456 e. The van der Waals surface area contributed by atoms with Crippen molar-refractivity contribution < 1.29 is 8.83 Å². The lowest BCUT2D eigenvalue weighted by Crippen LogP contribution is -1.75. The second-order valence-corrected chi connectivity index (χ2v) is 7.95. The minimum atomic E-state index is 0.932. The summed E-state index contributed by atoms with van der Waals surface area (Å²) in [5, 5.41) is 6.99. The smallest absolute Gasteiger partial charge is 0.136 e. The fraction of sp³-hybridized carbons (Fsp3) is 0.241. The largest absolute Gasteiger partial charge is 0.456 e. The van der Waals surface area contributed by atoms with Gasteiger partial charge in [0.1, 0.15) is 22.3 Å². The molecular formula is C29H30O2. The van der Waals surface area contributed by atoms with E-state index in [1.54, 1.807) is 0 Å². The highest BCUT2D eigenvalue weighted by molar-refractivity contribution is 6.15. The molecule has 0 atom stereocenters. The highest BCUT2D eigenvalue weighted by atomic mass is 16.3. The maximum Gasteiger partial charge on any atom is 0.136 e. The zero-order chi connectivity index (χ0) is 22.1. The average Bonchev–Trinajstić information content (AvgIpc) is 3.29. The van der Waals surface area contributed by atoms with Gasteiger partial charge < -0.3 is 8.83 Å². The molecule has 0 amide bonds. The fourth-order valence-electron chi connectivity index (χ4n) is 4.02. The van der Waals surface area contributed by atoms with Gasteiger partial charge in [0.2, 0.25) is 0 Å². The Bertz CT molecular complexity index is 1400. The molecule has 31 heavy (non-hydrogen) atoms. The van der Waals surface area contributed by atoms with Crippen molar-refractivity contribution in [3.05, 3.63) is 71.8 Å². The number of aryl methyl sites for hydroxylation is 2. The highest BCUT2D eigenvalue weighted by Gasteiger charge is 2.12. The average molecular weight is 411 g/mol. The molecule has 0 N–H and O–H groups in total. The third kappa shape index (κ3) is 3.67. The maximum atomic E-state index is 6.09. The zero-order valence-corrected chi connectivity index (χ0v) is 19.3. The summed E-state index contributed by atoms with van der Waals surface area (Å²) in [6.07, 6.45) is 1.25. The van der Waals surface area contributed by atoms with Crippen LogP contribution in [0.15, 0.2) is 69.5 Å². The minimum absolute atomic E-state index is 0.932. The molecule has 158 valence electrons. The van der Waals surface area contributed by atoms with Crippen LogP contribution in [-0.2, 0) is 0 Å². The molecule has 0 aliphatic carbocycles. The van der Waals surface area contributed by atoms with E-state index in [-0.39, 0.29) is 0 Å². The van der Waals surface area contributed by atoms with Gasteiger partial charge in [-0.2, -0.15) is 0 Å². The SMILES string of the molecule is CC.CCC.Cc1ccc2oc3cc4cc5c(cc4cc3c2c1)oc1ccc(C)cc15. The van der Waals surface area contributed by atoms with E-state index in [1.165, 1.54) is 39.1 Å². The van der Waals surface area contributed by atoms with Crippen molar-refractivity contribution in [1.82, 2.24) is 0 Å². The van der Waals surface area contributed by atoms with Crippen LogP contribution in [-0.4, -0.2) is 0 Å². The summed E-state index contributed by atoms with van der Waals surface area (Å²) >= 11 is 0. The van der Waals surface area contributed by atoms with Gasteiger partial charge in [-0.15, -0.1) is 0 Å². The molecule has 6 rings (SSSR count). The lowest BCUT2D eigenvalue weighted by atomic mass is 10.0. The molecule has 0 saturated heterocycles. The monoisotopic (exact) mass is 410 g/mol. The molecule has 2 aromatic heterocycles. The van der Waals surface area contributed by atoms with Crippen molar-refractivity contribution >= 4 is 54.6 Å². The number of hydrogen-bond donors (Lipinski definition) is 0. The van der Waals surface area contributed by atoms with Gasteiger partial charge in [-0.1, -0.05) is 57.4 Å². The molecule has 0 aliphatic rings. The van der Waals surface area contributed by atoms with E-state index in [4.69, 9.17) is 8.83 Å². The molecule has 6 aromatic rings. The van der Waals surface area contributed by atoms with Gasteiger partial charge in [0.25, 0.3) is 0 Å². The van der Waals surface area contributed by atoms with E-state index in [1.807, 2.05) is 13.8 Å². The molecule has 0 fully saturated rings. The molecule has 0 bridgehead atoms. The number of furan rings is 2. The fourth-order valence-corrected chi connectivity index (χ4v) is 4.02. The molecule has 4 aromatic carbocycles. The Morgan fingerprint density at radius 2 is 0.871 bits per heavy atom. The van der Waals surface area contributed by atoms with Crippen LogP contribution >= 0.6 is 0 Å². The van der Waals surface area contributed by atoms with E-state index in [0.717, 1.165) is 33.1 Å². The third-order valence-corrected chi connectivity index (χ3v) is 5.33. The summed E-state index contributed by atoms with van der Waals surface area (Å²) in [6, 6.07) is 21.4. The molecule has 0 spiro atoms. The molecule has 2 nitrogen and oxygen atoms in total. The van der Waals surface area contributed by atoms with Crippen LogP contribution in [0.3, 0.4) is 0 Å². The Labute approximate surface area is 183 Å². The van der Waals surface area contributed by atoms with Crippen LogP contribution in [0.4, 0.5) is 0 Å². The maximum absolute atomic E-state index is 6.09. The van der Waals surface area contributed by atoms with E-state index in [2.05, 4.69) is 88.4 Å². The van der Waals surface area contributed by atoms with Crippen LogP contribution < -0.4 is 0 Å². The molecule has 0 radical (unpaired) electrons. The van der Waals surface area contributed by atoms with Crippen molar-refractivity contribution in [1.29, 1.82) is 0 Å². The van der Waals surface area contributed by atoms with Gasteiger partial charge in [0.05, 0.1) is 0 Å². The second-order valence-electron chi connectivity index (χ2n) is 7.95. The summed E-state index contributed by atoms with van der Waals surface area (Å²) in [6.45, 7) is 12.5. The summed E-state index contributed by atoms with van der Waals surface area (Å²) in [5.41, 5.74) is 6.21. The highest BCUT2D eigenvalue weighted by Crippen LogP contribution is 2.37. The van der Waals surface area contributed by atoms with Crippen LogP contribution in [0.1, 0.15) is 45.2 Å². The van der Waals surface area contributed by atoms with Gasteiger partial charge in [-0.05, 0) is 73.2 Å². The van der Waals surface area contributed by atoms with E-state index < -0.39 is 0 Å². The van der Waals surface area contributed by atoms with Crippen LogP contribution in [0.25, 0.3) is 54.6 Å². The number of hydrogen-bond acceptors (Lipinski definition) is 2. The molecular weight excluding hydrogens is 380 g/mol. The Balaban J connectivity index is 0.000000429. The van der Waals surface area contributed by atoms with Crippen LogP contribution in [0, 0.1) is 13.8 Å².